The van der Waals surface area contributed by atoms with Crippen molar-refractivity contribution < 1.29 is 22.4 Å². The van der Waals surface area contributed by atoms with Crippen LogP contribution in [0.5, 0.6) is 0 Å². The standard InChI is InChI=1S/C9H3F4NO/c10-5-3-6(11)9(13)4(8(5)12)1-2-7(14)15/h3H,(H2,14,15). The molecule has 0 saturated carbocycles. The van der Waals surface area contributed by atoms with Crippen LogP contribution in [0, 0.1) is 35.1 Å². The fourth-order valence-electron chi connectivity index (χ4n) is 0.807. The molecular weight excluding hydrogens is 214 g/mol. The first-order valence-electron chi connectivity index (χ1n) is 3.58. The molecule has 0 aliphatic carbocycles. The molecule has 0 bridgehead atoms. The van der Waals surface area contributed by atoms with Gasteiger partial charge in [-0.05, 0) is 0 Å². The topological polar surface area (TPSA) is 43.1 Å². The van der Waals surface area contributed by atoms with Crippen LogP contribution >= 0.6 is 0 Å². The third-order valence-corrected chi connectivity index (χ3v) is 1.42. The highest BCUT2D eigenvalue weighted by Gasteiger charge is 2.17. The molecule has 0 saturated heterocycles. The molecule has 6 heteroatoms. The monoisotopic (exact) mass is 217 g/mol. The number of hydrogen-bond donors (Lipinski definition) is 1. The molecule has 2 N–H and O–H groups in total. The number of carbonyl (C=O) groups is 1. The Balaban J connectivity index is 3.42. The van der Waals surface area contributed by atoms with E-state index in [-0.39, 0.29) is 6.07 Å². The minimum atomic E-state index is -1.66. The van der Waals surface area contributed by atoms with E-state index in [1.807, 2.05) is 0 Å². The maximum Gasteiger partial charge on any atom is 0.293 e. The zero-order chi connectivity index (χ0) is 11.6. The second-order valence-electron chi connectivity index (χ2n) is 2.46. The molecule has 0 fully saturated rings. The van der Waals surface area contributed by atoms with E-state index in [0.717, 1.165) is 0 Å². The second-order valence-corrected chi connectivity index (χ2v) is 2.46. The fourth-order valence-corrected chi connectivity index (χ4v) is 0.807. The molecule has 15 heavy (non-hydrogen) atoms. The summed E-state index contributed by atoms with van der Waals surface area (Å²) >= 11 is 0. The molecule has 1 aromatic rings. The van der Waals surface area contributed by atoms with Crippen molar-refractivity contribution in [2.75, 3.05) is 0 Å². The SMILES string of the molecule is NC(=O)C#Cc1c(F)c(F)cc(F)c1F. The lowest BCUT2D eigenvalue weighted by atomic mass is 10.2. The minimum Gasteiger partial charge on any atom is -0.359 e. The van der Waals surface area contributed by atoms with Crippen molar-refractivity contribution in [2.45, 2.75) is 0 Å². The normalized spacial score (nSPS) is 9.33. The van der Waals surface area contributed by atoms with Crippen molar-refractivity contribution in [1.29, 1.82) is 0 Å². The minimum absolute atomic E-state index is 0.0418. The molecule has 0 aromatic heterocycles. The Morgan fingerprint density at radius 3 is 2.00 bits per heavy atom. The van der Waals surface area contributed by atoms with Crippen molar-refractivity contribution in [3.05, 3.63) is 34.9 Å². The van der Waals surface area contributed by atoms with E-state index in [1.54, 1.807) is 11.8 Å². The zero-order valence-corrected chi connectivity index (χ0v) is 7.07. The molecule has 1 amide bonds. The molecule has 0 unspecified atom stereocenters. The van der Waals surface area contributed by atoms with Crippen molar-refractivity contribution in [3.8, 4) is 11.8 Å². The molecule has 0 aliphatic rings. The first-order valence-corrected chi connectivity index (χ1v) is 3.58. The highest BCUT2D eigenvalue weighted by Crippen LogP contribution is 2.17. The predicted molar refractivity (Wildman–Crippen MR) is 42.3 cm³/mol. The highest BCUT2D eigenvalue weighted by molar-refractivity contribution is 5.92. The van der Waals surface area contributed by atoms with Gasteiger partial charge in [0.15, 0.2) is 23.3 Å². The Morgan fingerprint density at radius 2 is 1.60 bits per heavy atom. The Hall–Kier alpha value is -2.03. The van der Waals surface area contributed by atoms with Crippen LogP contribution in [0.2, 0.25) is 0 Å². The van der Waals surface area contributed by atoms with Gasteiger partial charge in [-0.25, -0.2) is 17.6 Å². The van der Waals surface area contributed by atoms with Gasteiger partial charge in [0.1, 0.15) is 5.56 Å². The third kappa shape index (κ3) is 2.26. The van der Waals surface area contributed by atoms with Gasteiger partial charge in [0, 0.05) is 12.0 Å². The molecule has 78 valence electrons. The number of primary amides is 1. The number of amides is 1. The molecular formula is C9H3F4NO. The molecule has 0 atom stereocenters. The van der Waals surface area contributed by atoms with Crippen molar-refractivity contribution >= 4 is 5.91 Å². The van der Waals surface area contributed by atoms with Gasteiger partial charge >= 0.3 is 0 Å². The van der Waals surface area contributed by atoms with Crippen LogP contribution in [0.15, 0.2) is 6.07 Å². The van der Waals surface area contributed by atoms with Crippen molar-refractivity contribution in [1.82, 2.24) is 0 Å². The number of nitrogens with two attached hydrogens (primary N) is 1. The maximum absolute atomic E-state index is 12.9. The first-order chi connectivity index (χ1) is 6.93. The van der Waals surface area contributed by atoms with E-state index < -0.39 is 34.7 Å². The van der Waals surface area contributed by atoms with Crippen LogP contribution in [-0.2, 0) is 4.79 Å². The van der Waals surface area contributed by atoms with Gasteiger partial charge in [-0.15, -0.1) is 0 Å². The van der Waals surface area contributed by atoms with Gasteiger partial charge in [-0.2, -0.15) is 0 Å². The zero-order valence-electron chi connectivity index (χ0n) is 7.07. The molecule has 0 heterocycles. The van der Waals surface area contributed by atoms with E-state index in [0.29, 0.717) is 0 Å². The van der Waals surface area contributed by atoms with E-state index >= 15 is 0 Å². The number of hydrogen-bond acceptors (Lipinski definition) is 1. The second kappa shape index (κ2) is 4.00. The van der Waals surface area contributed by atoms with Crippen molar-refractivity contribution in [2.24, 2.45) is 5.73 Å². The largest absolute Gasteiger partial charge is 0.359 e. The molecule has 0 radical (unpaired) electrons. The number of carbonyl (C=O) groups excluding carboxylic acids is 1. The number of halogens is 4. The summed E-state index contributed by atoms with van der Waals surface area (Å²) in [6.45, 7) is 0. The van der Waals surface area contributed by atoms with Gasteiger partial charge in [0.25, 0.3) is 5.91 Å². The van der Waals surface area contributed by atoms with E-state index in [9.17, 15) is 22.4 Å². The van der Waals surface area contributed by atoms with Gasteiger partial charge in [0.05, 0.1) is 0 Å². The quantitative estimate of drug-likeness (QED) is 0.394. The summed E-state index contributed by atoms with van der Waals surface area (Å²) in [6, 6.07) is 0.0418. The summed E-state index contributed by atoms with van der Waals surface area (Å²) in [6.07, 6.45) is 0. The summed E-state index contributed by atoms with van der Waals surface area (Å²) in [4.78, 5) is 10.2. The summed E-state index contributed by atoms with van der Waals surface area (Å²) < 4.78 is 50.9. The Kier molecular flexibility index (Phi) is 2.95. The summed E-state index contributed by atoms with van der Waals surface area (Å²) in [5, 5.41) is 0. The van der Waals surface area contributed by atoms with E-state index in [4.69, 9.17) is 0 Å². The van der Waals surface area contributed by atoms with Gasteiger partial charge in [0.2, 0.25) is 0 Å². The molecule has 2 nitrogen and oxygen atoms in total. The lowest BCUT2D eigenvalue weighted by molar-refractivity contribution is -0.112. The highest BCUT2D eigenvalue weighted by atomic mass is 19.2. The maximum atomic E-state index is 12.9. The van der Waals surface area contributed by atoms with Crippen LogP contribution in [0.4, 0.5) is 17.6 Å². The number of benzene rings is 1. The summed E-state index contributed by atoms with van der Waals surface area (Å²) in [5.74, 6) is -4.50. The molecule has 1 rings (SSSR count). The average Bonchev–Trinajstić information content (AvgIpc) is 2.14. The summed E-state index contributed by atoms with van der Waals surface area (Å²) in [5.41, 5.74) is 3.41. The van der Waals surface area contributed by atoms with E-state index in [1.165, 1.54) is 0 Å². The molecule has 0 aliphatic heterocycles. The van der Waals surface area contributed by atoms with Crippen LogP contribution in [0.1, 0.15) is 5.56 Å². The first kappa shape index (κ1) is 11.0. The smallest absolute Gasteiger partial charge is 0.293 e. The van der Waals surface area contributed by atoms with Crippen molar-refractivity contribution in [3.63, 3.8) is 0 Å². The fraction of sp³-hybridized carbons (Fsp3) is 0. The van der Waals surface area contributed by atoms with Gasteiger partial charge < -0.3 is 5.73 Å². The Morgan fingerprint density at radius 1 is 1.13 bits per heavy atom. The average molecular weight is 217 g/mol. The third-order valence-electron chi connectivity index (χ3n) is 1.42. The Bertz CT molecular complexity index is 461. The molecule has 1 aromatic carbocycles. The van der Waals surface area contributed by atoms with Gasteiger partial charge in [-0.3, -0.25) is 4.79 Å². The van der Waals surface area contributed by atoms with Crippen LogP contribution < -0.4 is 5.73 Å². The number of rotatable bonds is 0. The lowest BCUT2D eigenvalue weighted by Crippen LogP contribution is -2.07. The summed E-state index contributed by atoms with van der Waals surface area (Å²) in [7, 11) is 0. The van der Waals surface area contributed by atoms with Crippen LogP contribution in [0.25, 0.3) is 0 Å². The van der Waals surface area contributed by atoms with E-state index in [2.05, 4.69) is 5.73 Å². The Labute approximate surface area is 81.7 Å². The predicted octanol–water partition coefficient (Wildman–Crippen LogP) is 1.08. The van der Waals surface area contributed by atoms with Crippen LogP contribution in [-0.4, -0.2) is 5.91 Å². The molecule has 0 spiro atoms. The van der Waals surface area contributed by atoms with Gasteiger partial charge in [-0.1, -0.05) is 5.92 Å². The lowest BCUT2D eigenvalue weighted by Gasteiger charge is -1.99. The van der Waals surface area contributed by atoms with Crippen LogP contribution in [0.3, 0.4) is 0 Å².